The fourth-order valence-corrected chi connectivity index (χ4v) is 5.93. The van der Waals surface area contributed by atoms with Crippen LogP contribution in [0.3, 0.4) is 0 Å². The lowest BCUT2D eigenvalue weighted by atomic mass is 10.00. The van der Waals surface area contributed by atoms with Gasteiger partial charge in [-0.25, -0.2) is 8.42 Å². The highest BCUT2D eigenvalue weighted by atomic mass is 35.5. The van der Waals surface area contributed by atoms with E-state index in [1.54, 1.807) is 25.1 Å². The smallest absolute Gasteiger partial charge is 0.243 e. The number of piperidine rings is 1. The van der Waals surface area contributed by atoms with Crippen molar-refractivity contribution < 1.29 is 12.9 Å². The molecule has 0 amide bonds. The zero-order valence-electron chi connectivity index (χ0n) is 14.6. The Balaban J connectivity index is 1.59. The van der Waals surface area contributed by atoms with Crippen molar-refractivity contribution in [3.63, 3.8) is 0 Å². The number of thiophene rings is 1. The van der Waals surface area contributed by atoms with Gasteiger partial charge in [0, 0.05) is 18.1 Å². The van der Waals surface area contributed by atoms with Crippen LogP contribution in [0.2, 0.25) is 5.02 Å². The first-order chi connectivity index (χ1) is 13.0. The molecule has 3 heterocycles. The van der Waals surface area contributed by atoms with Crippen molar-refractivity contribution in [1.82, 2.24) is 14.4 Å². The summed E-state index contributed by atoms with van der Waals surface area (Å²) in [4.78, 5) is 5.67. The van der Waals surface area contributed by atoms with Crippen LogP contribution in [0.5, 0.6) is 0 Å². The molecule has 0 bridgehead atoms. The fourth-order valence-electron chi connectivity index (χ4n) is 3.28. The Hall–Kier alpha value is -1.74. The summed E-state index contributed by atoms with van der Waals surface area (Å²) in [6.07, 6.45) is 1.55. The molecule has 0 radical (unpaired) electrons. The second-order valence-electron chi connectivity index (χ2n) is 6.50. The topological polar surface area (TPSA) is 76.3 Å². The minimum absolute atomic E-state index is 0.116. The summed E-state index contributed by atoms with van der Waals surface area (Å²) in [5.41, 5.74) is 0.569. The standard InChI is InChI=1S/C18H18ClN3O3S2/c1-12-14(19)6-2-8-16(12)27(23,24)22-9-3-5-13(11-22)18-20-17(21-25-18)15-7-4-10-26-15/h2,4,6-8,10,13H,3,5,9,11H2,1H3/t13-/m1/s1. The van der Waals surface area contributed by atoms with Crippen LogP contribution in [0.4, 0.5) is 0 Å². The molecule has 142 valence electrons. The molecular weight excluding hydrogens is 406 g/mol. The number of rotatable bonds is 4. The molecule has 2 aromatic heterocycles. The van der Waals surface area contributed by atoms with Crippen molar-refractivity contribution in [3.05, 3.63) is 52.2 Å². The number of aromatic nitrogens is 2. The van der Waals surface area contributed by atoms with Crippen LogP contribution in [-0.2, 0) is 10.0 Å². The van der Waals surface area contributed by atoms with Gasteiger partial charge in [-0.1, -0.05) is 28.9 Å². The highest BCUT2D eigenvalue weighted by molar-refractivity contribution is 7.89. The molecule has 9 heteroatoms. The number of sulfonamides is 1. The van der Waals surface area contributed by atoms with E-state index in [-0.39, 0.29) is 10.8 Å². The zero-order valence-corrected chi connectivity index (χ0v) is 17.0. The zero-order chi connectivity index (χ0) is 19.0. The highest BCUT2D eigenvalue weighted by Crippen LogP contribution is 2.33. The van der Waals surface area contributed by atoms with Crippen molar-refractivity contribution in [1.29, 1.82) is 0 Å². The maximum atomic E-state index is 13.1. The first kappa shape index (κ1) is 18.6. The average molecular weight is 424 g/mol. The lowest BCUT2D eigenvalue weighted by Crippen LogP contribution is -2.39. The van der Waals surface area contributed by atoms with Crippen LogP contribution in [0.25, 0.3) is 10.7 Å². The van der Waals surface area contributed by atoms with E-state index < -0.39 is 10.0 Å². The van der Waals surface area contributed by atoms with E-state index in [4.69, 9.17) is 16.1 Å². The highest BCUT2D eigenvalue weighted by Gasteiger charge is 2.34. The van der Waals surface area contributed by atoms with Gasteiger partial charge in [-0.05, 0) is 48.9 Å². The van der Waals surface area contributed by atoms with Crippen molar-refractivity contribution in [2.75, 3.05) is 13.1 Å². The summed E-state index contributed by atoms with van der Waals surface area (Å²) in [5, 5.41) is 6.44. The maximum Gasteiger partial charge on any atom is 0.243 e. The van der Waals surface area contributed by atoms with E-state index in [2.05, 4.69) is 10.1 Å². The molecule has 1 aliphatic rings. The molecule has 0 aliphatic carbocycles. The Morgan fingerprint density at radius 3 is 2.93 bits per heavy atom. The van der Waals surface area contributed by atoms with Crippen LogP contribution < -0.4 is 0 Å². The van der Waals surface area contributed by atoms with Crippen molar-refractivity contribution in [3.8, 4) is 10.7 Å². The minimum Gasteiger partial charge on any atom is -0.339 e. The van der Waals surface area contributed by atoms with Gasteiger partial charge in [0.1, 0.15) is 0 Å². The van der Waals surface area contributed by atoms with Crippen molar-refractivity contribution in [2.24, 2.45) is 0 Å². The molecule has 0 unspecified atom stereocenters. The number of hydrogen-bond acceptors (Lipinski definition) is 6. The van der Waals surface area contributed by atoms with Gasteiger partial charge >= 0.3 is 0 Å². The molecule has 1 aliphatic heterocycles. The molecule has 4 rings (SSSR count). The molecule has 3 aromatic rings. The lowest BCUT2D eigenvalue weighted by molar-refractivity contribution is 0.265. The molecule has 0 spiro atoms. The van der Waals surface area contributed by atoms with Gasteiger partial charge in [0.05, 0.1) is 15.7 Å². The van der Waals surface area contributed by atoms with E-state index in [1.165, 1.54) is 15.6 Å². The quantitative estimate of drug-likeness (QED) is 0.624. The monoisotopic (exact) mass is 423 g/mol. The molecule has 0 saturated carbocycles. The van der Waals surface area contributed by atoms with E-state index in [0.717, 1.165) is 17.7 Å². The predicted molar refractivity (Wildman–Crippen MR) is 105 cm³/mol. The lowest BCUT2D eigenvalue weighted by Gasteiger charge is -2.30. The van der Waals surface area contributed by atoms with Gasteiger partial charge in [-0.2, -0.15) is 9.29 Å². The van der Waals surface area contributed by atoms with Gasteiger partial charge in [-0.3, -0.25) is 0 Å². The third kappa shape index (κ3) is 3.54. The molecule has 1 fully saturated rings. The summed E-state index contributed by atoms with van der Waals surface area (Å²) < 4.78 is 33.2. The van der Waals surface area contributed by atoms with Gasteiger partial charge < -0.3 is 4.52 Å². The Labute approximate surface area is 166 Å². The van der Waals surface area contributed by atoms with Crippen LogP contribution in [0.1, 0.15) is 30.2 Å². The molecule has 0 N–H and O–H groups in total. The van der Waals surface area contributed by atoms with Gasteiger partial charge in [0.25, 0.3) is 0 Å². The molecule has 27 heavy (non-hydrogen) atoms. The summed E-state index contributed by atoms with van der Waals surface area (Å²) >= 11 is 7.66. The van der Waals surface area contributed by atoms with Crippen molar-refractivity contribution >= 4 is 33.0 Å². The Morgan fingerprint density at radius 1 is 1.30 bits per heavy atom. The second kappa shape index (κ2) is 7.35. The third-order valence-electron chi connectivity index (χ3n) is 4.75. The van der Waals surface area contributed by atoms with Crippen LogP contribution >= 0.6 is 22.9 Å². The Bertz CT molecular complexity index is 1050. The number of halogens is 1. The molecule has 1 saturated heterocycles. The molecular formula is C18H18ClN3O3S2. The first-order valence-corrected chi connectivity index (χ1v) is 11.3. The molecule has 6 nitrogen and oxygen atoms in total. The van der Waals surface area contributed by atoms with Gasteiger partial charge in [0.2, 0.25) is 21.7 Å². The second-order valence-corrected chi connectivity index (χ2v) is 9.76. The van der Waals surface area contributed by atoms with Gasteiger partial charge in [-0.15, -0.1) is 11.3 Å². The SMILES string of the molecule is Cc1c(Cl)cccc1S(=O)(=O)N1CCC[C@@H](c2nc(-c3cccs3)no2)C1. The summed E-state index contributed by atoms with van der Waals surface area (Å²) in [6.45, 7) is 2.51. The minimum atomic E-state index is -3.63. The average Bonchev–Trinajstić information content (AvgIpc) is 3.35. The van der Waals surface area contributed by atoms with Gasteiger partial charge in [0.15, 0.2) is 0 Å². The predicted octanol–water partition coefficient (Wildman–Crippen LogP) is 4.33. The Morgan fingerprint density at radius 2 is 2.15 bits per heavy atom. The van der Waals surface area contributed by atoms with Crippen LogP contribution in [0, 0.1) is 6.92 Å². The normalized spacial score (nSPS) is 18.7. The fraction of sp³-hybridized carbons (Fsp3) is 0.333. The largest absolute Gasteiger partial charge is 0.339 e. The number of nitrogens with zero attached hydrogens (tertiary/aromatic N) is 3. The molecule has 1 aromatic carbocycles. The van der Waals surface area contributed by atoms with E-state index in [0.29, 0.717) is 35.4 Å². The summed E-state index contributed by atoms with van der Waals surface area (Å²) in [6, 6.07) is 8.81. The number of benzene rings is 1. The molecule has 1 atom stereocenters. The third-order valence-corrected chi connectivity index (χ3v) is 8.04. The van der Waals surface area contributed by atoms with E-state index in [9.17, 15) is 8.42 Å². The first-order valence-electron chi connectivity index (χ1n) is 8.59. The van der Waals surface area contributed by atoms with Crippen molar-refractivity contribution in [2.45, 2.75) is 30.6 Å². The van der Waals surface area contributed by atoms with Crippen LogP contribution in [0.15, 0.2) is 45.1 Å². The van der Waals surface area contributed by atoms with E-state index in [1.807, 2.05) is 17.5 Å². The summed E-state index contributed by atoms with van der Waals surface area (Å²) in [5.74, 6) is 0.918. The van der Waals surface area contributed by atoms with Crippen LogP contribution in [-0.4, -0.2) is 36.0 Å². The van der Waals surface area contributed by atoms with E-state index >= 15 is 0 Å². The summed E-state index contributed by atoms with van der Waals surface area (Å²) in [7, 11) is -3.63. The number of hydrogen-bond donors (Lipinski definition) is 0. The maximum absolute atomic E-state index is 13.1. The Kier molecular flexibility index (Phi) is 5.07.